The lowest BCUT2D eigenvalue weighted by molar-refractivity contribution is 0.0596. The first-order valence-electron chi connectivity index (χ1n) is 10.3. The van der Waals surface area contributed by atoms with E-state index in [9.17, 15) is 19.1 Å². The lowest BCUT2D eigenvalue weighted by Gasteiger charge is -2.05. The number of fused-ring (bicyclic) bond motifs is 1. The number of benzene rings is 2. The quantitative estimate of drug-likeness (QED) is 0.333. The number of carbonyl (C=O) groups is 1. The molecule has 5 rings (SSSR count). The minimum Gasteiger partial charge on any atom is -0.501 e. The van der Waals surface area contributed by atoms with Crippen LogP contribution in [0.1, 0.15) is 16.2 Å². The summed E-state index contributed by atoms with van der Waals surface area (Å²) >= 11 is 0. The summed E-state index contributed by atoms with van der Waals surface area (Å²) in [7, 11) is 1.24. The minimum absolute atomic E-state index is 0.0675. The molecule has 0 aliphatic carbocycles. The molecular formula is C25H18FN3O5. The number of halogens is 1. The molecule has 9 heteroatoms. The van der Waals surface area contributed by atoms with Gasteiger partial charge >= 0.3 is 5.97 Å². The first-order chi connectivity index (χ1) is 16.4. The van der Waals surface area contributed by atoms with Crippen LogP contribution in [0.25, 0.3) is 45.0 Å². The molecular weight excluding hydrogens is 441 g/mol. The first-order valence-corrected chi connectivity index (χ1v) is 10.3. The van der Waals surface area contributed by atoms with Crippen LogP contribution in [0.4, 0.5) is 4.39 Å². The fraction of sp³-hybridized carbons (Fsp3) is 0.0800. The highest BCUT2D eigenvalue weighted by Gasteiger charge is 2.27. The molecule has 0 saturated carbocycles. The highest BCUT2D eigenvalue weighted by atomic mass is 19.1. The molecule has 0 radical (unpaired) electrons. The number of hydrogen-bond acceptors (Lipinski definition) is 6. The number of methoxy groups -OCH3 is 1. The van der Waals surface area contributed by atoms with Gasteiger partial charge in [-0.05, 0) is 25.1 Å². The van der Waals surface area contributed by atoms with Crippen LogP contribution in [-0.4, -0.2) is 33.1 Å². The van der Waals surface area contributed by atoms with E-state index in [0.717, 1.165) is 0 Å². The number of H-pyrrole nitrogens is 2. The highest BCUT2D eigenvalue weighted by Crippen LogP contribution is 2.39. The number of rotatable bonds is 4. The summed E-state index contributed by atoms with van der Waals surface area (Å²) in [6.07, 6.45) is 0. The van der Waals surface area contributed by atoms with Crippen molar-refractivity contribution < 1.29 is 23.4 Å². The van der Waals surface area contributed by atoms with E-state index >= 15 is 0 Å². The van der Waals surface area contributed by atoms with Crippen LogP contribution in [0.2, 0.25) is 0 Å². The van der Waals surface area contributed by atoms with Gasteiger partial charge in [0.2, 0.25) is 11.2 Å². The third-order valence-electron chi connectivity index (χ3n) is 5.41. The van der Waals surface area contributed by atoms with Crippen LogP contribution in [0.3, 0.4) is 0 Å². The lowest BCUT2D eigenvalue weighted by Crippen LogP contribution is -2.03. The molecule has 8 nitrogen and oxygen atoms in total. The largest absolute Gasteiger partial charge is 0.501 e. The lowest BCUT2D eigenvalue weighted by atomic mass is 10.1. The smallest absolute Gasteiger partial charge is 0.355 e. The molecule has 0 aliphatic heterocycles. The summed E-state index contributed by atoms with van der Waals surface area (Å²) < 4.78 is 24.7. The van der Waals surface area contributed by atoms with E-state index < -0.39 is 23.0 Å². The van der Waals surface area contributed by atoms with Crippen molar-refractivity contribution in [1.82, 2.24) is 15.0 Å². The SMILES string of the molecule is COC(=O)c1[nH]c2ccc(F)cc2c1-c1nc(-c2ccccc2)c(-c2oc(C)cc(=O)c2O)[nH]1. The predicted molar refractivity (Wildman–Crippen MR) is 123 cm³/mol. The van der Waals surface area contributed by atoms with E-state index in [1.165, 1.54) is 31.4 Å². The van der Waals surface area contributed by atoms with E-state index in [1.54, 1.807) is 31.2 Å². The molecule has 0 atom stereocenters. The second kappa shape index (κ2) is 8.04. The molecule has 3 aromatic heterocycles. The van der Waals surface area contributed by atoms with Crippen LogP contribution >= 0.6 is 0 Å². The Morgan fingerprint density at radius 3 is 2.62 bits per heavy atom. The summed E-state index contributed by atoms with van der Waals surface area (Å²) in [5, 5.41) is 10.9. The maximum atomic E-state index is 14.1. The van der Waals surface area contributed by atoms with Gasteiger partial charge in [0, 0.05) is 22.5 Å². The van der Waals surface area contributed by atoms with Gasteiger partial charge in [0.15, 0.2) is 5.76 Å². The van der Waals surface area contributed by atoms with E-state index in [0.29, 0.717) is 22.2 Å². The molecule has 3 N–H and O–H groups in total. The van der Waals surface area contributed by atoms with Crippen LogP contribution in [0.5, 0.6) is 5.75 Å². The van der Waals surface area contributed by atoms with Crippen molar-refractivity contribution >= 4 is 16.9 Å². The number of aryl methyl sites for hydroxylation is 1. The Balaban J connectivity index is 1.85. The third kappa shape index (κ3) is 3.43. The van der Waals surface area contributed by atoms with Crippen LogP contribution in [0, 0.1) is 12.7 Å². The second-order valence-electron chi connectivity index (χ2n) is 7.63. The summed E-state index contributed by atoms with van der Waals surface area (Å²) in [5.74, 6) is -1.38. The van der Waals surface area contributed by atoms with Crippen molar-refractivity contribution in [3.05, 3.63) is 82.1 Å². The van der Waals surface area contributed by atoms with Gasteiger partial charge in [-0.1, -0.05) is 30.3 Å². The maximum absolute atomic E-state index is 14.1. The summed E-state index contributed by atoms with van der Waals surface area (Å²) in [6, 6.07) is 14.3. The molecule has 0 bridgehead atoms. The number of hydrogen-bond donors (Lipinski definition) is 3. The Morgan fingerprint density at radius 1 is 1.12 bits per heavy atom. The van der Waals surface area contributed by atoms with Crippen molar-refractivity contribution in [3.8, 4) is 39.8 Å². The Hall–Kier alpha value is -4.66. The molecule has 0 unspecified atom stereocenters. The number of ether oxygens (including phenoxy) is 1. The average molecular weight is 459 g/mol. The Labute approximate surface area is 191 Å². The zero-order chi connectivity index (χ0) is 24.0. The van der Waals surface area contributed by atoms with Crippen molar-refractivity contribution in [2.24, 2.45) is 0 Å². The zero-order valence-corrected chi connectivity index (χ0v) is 18.1. The average Bonchev–Trinajstić information content (AvgIpc) is 3.43. The molecule has 5 aromatic rings. The van der Waals surface area contributed by atoms with Crippen LogP contribution in [-0.2, 0) is 4.74 Å². The molecule has 0 fully saturated rings. The molecule has 0 aliphatic rings. The summed E-state index contributed by atoms with van der Waals surface area (Å²) in [5.41, 5.74) is 1.48. The van der Waals surface area contributed by atoms with Crippen molar-refractivity contribution in [3.63, 3.8) is 0 Å². The van der Waals surface area contributed by atoms with Crippen LogP contribution in [0.15, 0.2) is 63.8 Å². The number of carbonyl (C=O) groups excluding carboxylic acids is 1. The molecule has 0 saturated heterocycles. The normalized spacial score (nSPS) is 11.1. The number of aromatic amines is 2. The highest BCUT2D eigenvalue weighted by molar-refractivity contribution is 6.07. The molecule has 2 aromatic carbocycles. The topological polar surface area (TPSA) is 121 Å². The maximum Gasteiger partial charge on any atom is 0.355 e. The van der Waals surface area contributed by atoms with Gasteiger partial charge in [0.05, 0.1) is 12.7 Å². The Bertz CT molecular complexity index is 1620. The first kappa shape index (κ1) is 21.2. The van der Waals surface area contributed by atoms with E-state index in [2.05, 4.69) is 15.0 Å². The van der Waals surface area contributed by atoms with Crippen molar-refractivity contribution in [2.75, 3.05) is 7.11 Å². The van der Waals surface area contributed by atoms with E-state index in [4.69, 9.17) is 9.15 Å². The fourth-order valence-corrected chi connectivity index (χ4v) is 3.90. The number of nitrogens with one attached hydrogen (secondary N) is 2. The van der Waals surface area contributed by atoms with Gasteiger partial charge < -0.3 is 24.2 Å². The molecule has 0 spiro atoms. The van der Waals surface area contributed by atoms with Gasteiger partial charge in [-0.3, -0.25) is 4.79 Å². The van der Waals surface area contributed by atoms with Gasteiger partial charge in [-0.15, -0.1) is 0 Å². The van der Waals surface area contributed by atoms with Gasteiger partial charge in [0.1, 0.15) is 34.5 Å². The number of imidazole rings is 1. The third-order valence-corrected chi connectivity index (χ3v) is 5.41. The Morgan fingerprint density at radius 2 is 1.88 bits per heavy atom. The van der Waals surface area contributed by atoms with Gasteiger partial charge in [0.25, 0.3) is 0 Å². The number of aromatic hydroxyl groups is 1. The number of aromatic nitrogens is 3. The number of esters is 1. The van der Waals surface area contributed by atoms with Gasteiger partial charge in [-0.25, -0.2) is 14.2 Å². The van der Waals surface area contributed by atoms with E-state index in [1.807, 2.05) is 6.07 Å². The zero-order valence-electron chi connectivity index (χ0n) is 18.1. The summed E-state index contributed by atoms with van der Waals surface area (Å²) in [6.45, 7) is 1.58. The number of nitrogens with zero attached hydrogens (tertiary/aromatic N) is 1. The molecule has 3 heterocycles. The minimum atomic E-state index is -0.671. The molecule has 0 amide bonds. The Kier molecular flexibility index (Phi) is 5.01. The second-order valence-corrected chi connectivity index (χ2v) is 7.63. The molecule has 170 valence electrons. The molecule has 34 heavy (non-hydrogen) atoms. The van der Waals surface area contributed by atoms with Crippen molar-refractivity contribution in [2.45, 2.75) is 6.92 Å². The fourth-order valence-electron chi connectivity index (χ4n) is 3.90. The standard InChI is InChI=1S/C25H18FN3O5/c1-12-10-17(30)22(31)23(34-12)21-19(13-6-4-3-5-7-13)28-24(29-21)18-15-11-14(26)8-9-16(15)27-20(18)25(32)33-2/h3-11,27,31H,1-2H3,(H,28,29). The van der Waals surface area contributed by atoms with Crippen molar-refractivity contribution in [1.29, 1.82) is 0 Å². The van der Waals surface area contributed by atoms with Gasteiger partial charge in [-0.2, -0.15) is 0 Å². The van der Waals surface area contributed by atoms with E-state index in [-0.39, 0.29) is 34.3 Å². The monoisotopic (exact) mass is 459 g/mol. The van der Waals surface area contributed by atoms with Crippen LogP contribution < -0.4 is 5.43 Å². The predicted octanol–water partition coefficient (Wildman–Crippen LogP) is 4.78. The summed E-state index contributed by atoms with van der Waals surface area (Å²) in [4.78, 5) is 35.5.